The molecule has 1 fully saturated rings. The number of rotatable bonds is 3. The molecule has 5 nitrogen and oxygen atoms in total. The molecule has 0 bridgehead atoms. The van der Waals surface area contributed by atoms with Gasteiger partial charge in [0.2, 0.25) is 0 Å². The minimum absolute atomic E-state index is 0.354. The lowest BCUT2D eigenvalue weighted by Gasteiger charge is -2.06. The standard InChI is InChI=1S/C19H17N5/c20-13-24-8-6-17(12-24)19-10-18(22-23-19)15-4-1-3-14(9-15)16-5-2-7-21-11-16/h1-5,7,9-11,17H,6,8,12H2,(H,22,23). The summed E-state index contributed by atoms with van der Waals surface area (Å²) in [4.78, 5) is 5.98. The molecule has 24 heavy (non-hydrogen) atoms. The Kier molecular flexibility index (Phi) is 3.72. The van der Waals surface area contributed by atoms with Gasteiger partial charge in [-0.3, -0.25) is 10.1 Å². The summed E-state index contributed by atoms with van der Waals surface area (Å²) in [6, 6.07) is 14.4. The van der Waals surface area contributed by atoms with Gasteiger partial charge in [0.05, 0.1) is 5.69 Å². The second-order valence-electron chi connectivity index (χ2n) is 6.06. The van der Waals surface area contributed by atoms with Crippen LogP contribution in [0.4, 0.5) is 0 Å². The van der Waals surface area contributed by atoms with E-state index in [0.717, 1.165) is 47.6 Å². The molecule has 0 radical (unpaired) electrons. The zero-order chi connectivity index (χ0) is 16.4. The molecule has 1 unspecified atom stereocenters. The Bertz CT molecular complexity index is 878. The Balaban J connectivity index is 1.60. The molecule has 0 amide bonds. The van der Waals surface area contributed by atoms with E-state index in [-0.39, 0.29) is 0 Å². The molecule has 1 saturated heterocycles. The second-order valence-corrected chi connectivity index (χ2v) is 6.06. The Labute approximate surface area is 140 Å². The largest absolute Gasteiger partial charge is 0.310 e. The maximum Gasteiger partial charge on any atom is 0.179 e. The molecule has 0 saturated carbocycles. The zero-order valence-corrected chi connectivity index (χ0v) is 13.2. The van der Waals surface area contributed by atoms with E-state index < -0.39 is 0 Å². The highest BCUT2D eigenvalue weighted by Crippen LogP contribution is 2.29. The minimum Gasteiger partial charge on any atom is -0.310 e. The lowest BCUT2D eigenvalue weighted by Crippen LogP contribution is -2.12. The summed E-state index contributed by atoms with van der Waals surface area (Å²) in [6.07, 6.45) is 6.85. The van der Waals surface area contributed by atoms with Crippen LogP contribution in [0.5, 0.6) is 0 Å². The van der Waals surface area contributed by atoms with Gasteiger partial charge in [0.25, 0.3) is 0 Å². The van der Waals surface area contributed by atoms with Crippen LogP contribution in [0, 0.1) is 11.5 Å². The van der Waals surface area contributed by atoms with Gasteiger partial charge < -0.3 is 4.90 Å². The summed E-state index contributed by atoms with van der Waals surface area (Å²) in [5.41, 5.74) is 5.34. The predicted molar refractivity (Wildman–Crippen MR) is 91.8 cm³/mol. The average Bonchev–Trinajstić information content (AvgIpc) is 3.32. The van der Waals surface area contributed by atoms with E-state index in [2.05, 4.69) is 51.7 Å². The van der Waals surface area contributed by atoms with Crippen molar-refractivity contribution < 1.29 is 0 Å². The number of hydrogen-bond acceptors (Lipinski definition) is 4. The van der Waals surface area contributed by atoms with Gasteiger partial charge in [0, 0.05) is 48.2 Å². The number of nitrogens with one attached hydrogen (secondary N) is 1. The first-order chi connectivity index (χ1) is 11.8. The Morgan fingerprint density at radius 1 is 1.12 bits per heavy atom. The van der Waals surface area contributed by atoms with Crippen LogP contribution in [0.15, 0.2) is 54.9 Å². The van der Waals surface area contributed by atoms with Gasteiger partial charge in [-0.1, -0.05) is 24.3 Å². The summed E-state index contributed by atoms with van der Waals surface area (Å²) < 4.78 is 0. The van der Waals surface area contributed by atoms with Crippen LogP contribution in [0.3, 0.4) is 0 Å². The van der Waals surface area contributed by atoms with Gasteiger partial charge in [-0.25, -0.2) is 0 Å². The van der Waals surface area contributed by atoms with E-state index in [4.69, 9.17) is 5.26 Å². The summed E-state index contributed by atoms with van der Waals surface area (Å²) in [5, 5.41) is 16.6. The number of H-pyrrole nitrogens is 1. The number of nitrogens with zero attached hydrogens (tertiary/aromatic N) is 4. The van der Waals surface area contributed by atoms with Crippen LogP contribution < -0.4 is 0 Å². The third-order valence-corrected chi connectivity index (χ3v) is 4.52. The maximum atomic E-state index is 9.00. The molecule has 0 aliphatic carbocycles. The monoisotopic (exact) mass is 315 g/mol. The molecule has 3 aromatic rings. The first-order valence-corrected chi connectivity index (χ1v) is 8.04. The van der Waals surface area contributed by atoms with Gasteiger partial charge in [-0.2, -0.15) is 10.4 Å². The topological polar surface area (TPSA) is 68.6 Å². The fourth-order valence-corrected chi connectivity index (χ4v) is 3.19. The van der Waals surface area contributed by atoms with E-state index in [1.165, 1.54) is 0 Å². The summed E-state index contributed by atoms with van der Waals surface area (Å²) >= 11 is 0. The van der Waals surface area contributed by atoms with Crippen molar-refractivity contribution in [3.63, 3.8) is 0 Å². The lowest BCUT2D eigenvalue weighted by molar-refractivity contribution is 0.478. The van der Waals surface area contributed by atoms with Gasteiger partial charge in [0.1, 0.15) is 0 Å². The van der Waals surface area contributed by atoms with Gasteiger partial charge in [-0.05, 0) is 30.2 Å². The first kappa shape index (κ1) is 14.5. The second kappa shape index (κ2) is 6.17. The minimum atomic E-state index is 0.354. The zero-order valence-electron chi connectivity index (χ0n) is 13.2. The van der Waals surface area contributed by atoms with Gasteiger partial charge in [0.15, 0.2) is 6.19 Å². The molecule has 1 aliphatic rings. The average molecular weight is 315 g/mol. The van der Waals surface area contributed by atoms with Crippen molar-refractivity contribution in [2.45, 2.75) is 12.3 Å². The molecular formula is C19H17N5. The van der Waals surface area contributed by atoms with Crippen LogP contribution in [0.1, 0.15) is 18.0 Å². The first-order valence-electron chi connectivity index (χ1n) is 8.04. The van der Waals surface area contributed by atoms with E-state index in [0.29, 0.717) is 5.92 Å². The predicted octanol–water partition coefficient (Wildman–Crippen LogP) is 3.41. The lowest BCUT2D eigenvalue weighted by atomic mass is 10.0. The van der Waals surface area contributed by atoms with E-state index in [1.807, 2.05) is 18.3 Å². The molecule has 1 N–H and O–H groups in total. The molecule has 1 aromatic carbocycles. The Morgan fingerprint density at radius 2 is 2.00 bits per heavy atom. The third kappa shape index (κ3) is 2.74. The molecule has 4 rings (SSSR count). The van der Waals surface area contributed by atoms with Crippen molar-refractivity contribution >= 4 is 0 Å². The molecule has 1 atom stereocenters. The Morgan fingerprint density at radius 3 is 2.79 bits per heavy atom. The van der Waals surface area contributed by atoms with Crippen LogP contribution in [-0.4, -0.2) is 33.2 Å². The highest BCUT2D eigenvalue weighted by molar-refractivity contribution is 5.71. The van der Waals surface area contributed by atoms with Crippen LogP contribution in [0.25, 0.3) is 22.4 Å². The van der Waals surface area contributed by atoms with Crippen molar-refractivity contribution in [3.8, 4) is 28.6 Å². The van der Waals surface area contributed by atoms with Crippen LogP contribution in [-0.2, 0) is 0 Å². The SMILES string of the molecule is N#CN1CCC(c2cc(-c3cccc(-c4cccnc4)c3)n[nH]2)C1. The number of pyridine rings is 1. The summed E-state index contributed by atoms with van der Waals surface area (Å²) in [7, 11) is 0. The van der Waals surface area contributed by atoms with Crippen LogP contribution in [0.2, 0.25) is 0 Å². The van der Waals surface area contributed by atoms with Crippen molar-refractivity contribution in [1.29, 1.82) is 5.26 Å². The fraction of sp³-hybridized carbons (Fsp3) is 0.211. The van der Waals surface area contributed by atoms with Crippen molar-refractivity contribution in [3.05, 3.63) is 60.6 Å². The Hall–Kier alpha value is -3.13. The maximum absolute atomic E-state index is 9.00. The smallest absolute Gasteiger partial charge is 0.179 e. The quantitative estimate of drug-likeness (QED) is 0.752. The highest BCUT2D eigenvalue weighted by Gasteiger charge is 2.24. The number of nitriles is 1. The van der Waals surface area contributed by atoms with E-state index in [9.17, 15) is 0 Å². The van der Waals surface area contributed by atoms with E-state index in [1.54, 1.807) is 11.1 Å². The fourth-order valence-electron chi connectivity index (χ4n) is 3.19. The summed E-state index contributed by atoms with van der Waals surface area (Å²) in [6.45, 7) is 1.60. The number of likely N-dealkylation sites (tertiary alicyclic amines) is 1. The van der Waals surface area contributed by atoms with Gasteiger partial charge >= 0.3 is 0 Å². The summed E-state index contributed by atoms with van der Waals surface area (Å²) in [5.74, 6) is 0.354. The molecule has 0 spiro atoms. The van der Waals surface area contributed by atoms with Crippen molar-refractivity contribution in [2.75, 3.05) is 13.1 Å². The third-order valence-electron chi connectivity index (χ3n) is 4.52. The van der Waals surface area contributed by atoms with Gasteiger partial charge in [-0.15, -0.1) is 0 Å². The number of aromatic amines is 1. The normalized spacial score (nSPS) is 17.0. The molecule has 3 heterocycles. The molecule has 2 aromatic heterocycles. The van der Waals surface area contributed by atoms with Crippen LogP contribution >= 0.6 is 0 Å². The number of hydrogen-bond donors (Lipinski definition) is 1. The molecule has 1 aliphatic heterocycles. The molecule has 5 heteroatoms. The molecule has 118 valence electrons. The van der Waals surface area contributed by atoms with Crippen molar-refractivity contribution in [2.24, 2.45) is 0 Å². The number of benzene rings is 1. The van der Waals surface area contributed by atoms with E-state index >= 15 is 0 Å². The molecular weight excluding hydrogens is 298 g/mol. The number of aromatic nitrogens is 3. The van der Waals surface area contributed by atoms with Crippen molar-refractivity contribution in [1.82, 2.24) is 20.1 Å². The highest BCUT2D eigenvalue weighted by atomic mass is 15.2.